The molecular formula is C13H21NO4S. The molecule has 0 spiro atoms. The number of hydrogen-bond donors (Lipinski definition) is 0. The average molecular weight is 287 g/mol. The average Bonchev–Trinajstić information content (AvgIpc) is 2.75. The molecule has 0 aromatic rings. The van der Waals surface area contributed by atoms with Crippen LogP contribution in [0.25, 0.3) is 0 Å². The molecule has 0 aromatic carbocycles. The summed E-state index contributed by atoms with van der Waals surface area (Å²) in [6.45, 7) is 6.60. The summed E-state index contributed by atoms with van der Waals surface area (Å²) in [7, 11) is 1.67. The molecule has 0 radical (unpaired) electrons. The van der Waals surface area contributed by atoms with Crippen LogP contribution < -0.4 is 0 Å². The van der Waals surface area contributed by atoms with Gasteiger partial charge in [-0.3, -0.25) is 9.79 Å². The van der Waals surface area contributed by atoms with Gasteiger partial charge in [0.05, 0.1) is 23.8 Å². The van der Waals surface area contributed by atoms with Crippen molar-refractivity contribution in [2.75, 3.05) is 20.3 Å². The molecular weight excluding hydrogens is 266 g/mol. The van der Waals surface area contributed by atoms with Crippen LogP contribution in [-0.4, -0.2) is 48.9 Å². The minimum absolute atomic E-state index is 0.0249. The van der Waals surface area contributed by atoms with Crippen LogP contribution in [0.2, 0.25) is 0 Å². The lowest BCUT2D eigenvalue weighted by atomic mass is 9.83. The predicted molar refractivity (Wildman–Crippen MR) is 74.3 cm³/mol. The summed E-state index contributed by atoms with van der Waals surface area (Å²) in [5, 5.41) is 0.990. The Balaban J connectivity index is 1.99. The van der Waals surface area contributed by atoms with E-state index >= 15 is 0 Å². The monoisotopic (exact) mass is 287 g/mol. The Morgan fingerprint density at radius 1 is 1.42 bits per heavy atom. The molecule has 19 heavy (non-hydrogen) atoms. The number of esters is 1. The number of fused-ring (bicyclic) bond motifs is 1. The number of ether oxygens (including phenoxy) is 3. The quantitative estimate of drug-likeness (QED) is 0.737. The number of carbonyl (C=O) groups excluding carboxylic acids is 1. The first-order valence-corrected chi connectivity index (χ1v) is 7.42. The zero-order chi connectivity index (χ0) is 14.0. The number of hydrogen-bond acceptors (Lipinski definition) is 6. The van der Waals surface area contributed by atoms with Gasteiger partial charge in [-0.1, -0.05) is 25.6 Å². The second kappa shape index (κ2) is 6.24. The fraction of sp³-hybridized carbons (Fsp3) is 0.846. The maximum atomic E-state index is 10.9. The van der Waals surface area contributed by atoms with E-state index in [9.17, 15) is 4.79 Å². The molecule has 0 aromatic heterocycles. The van der Waals surface area contributed by atoms with Crippen LogP contribution in [0.3, 0.4) is 0 Å². The van der Waals surface area contributed by atoms with Gasteiger partial charge in [-0.25, -0.2) is 0 Å². The molecule has 1 fully saturated rings. The zero-order valence-corrected chi connectivity index (χ0v) is 12.6. The third-order valence-electron chi connectivity index (χ3n) is 3.81. The molecule has 2 rings (SSSR count). The Hall–Kier alpha value is -0.590. The molecule has 5 atom stereocenters. The van der Waals surface area contributed by atoms with Gasteiger partial charge in [-0.2, -0.15) is 0 Å². The third-order valence-corrected chi connectivity index (χ3v) is 4.92. The minimum Gasteiger partial charge on any atom is -0.463 e. The van der Waals surface area contributed by atoms with Gasteiger partial charge < -0.3 is 14.2 Å². The smallest absolute Gasteiger partial charge is 0.302 e. The SMILES string of the molecule is COCC1=N[C@@H]2[C@@H](C)[C@H](C)[C@@H](COC(C)=O)O[C@@H]2S1. The van der Waals surface area contributed by atoms with E-state index in [4.69, 9.17) is 14.2 Å². The van der Waals surface area contributed by atoms with Crippen molar-refractivity contribution in [3.8, 4) is 0 Å². The van der Waals surface area contributed by atoms with Crippen molar-refractivity contribution in [2.45, 2.75) is 38.4 Å². The van der Waals surface area contributed by atoms with Crippen LogP contribution in [0.5, 0.6) is 0 Å². The first kappa shape index (κ1) is 14.8. The molecule has 2 aliphatic rings. The molecule has 0 amide bonds. The zero-order valence-electron chi connectivity index (χ0n) is 11.8. The Bertz CT molecular complexity index is 374. The first-order valence-electron chi connectivity index (χ1n) is 6.54. The highest BCUT2D eigenvalue weighted by Crippen LogP contribution is 2.41. The third kappa shape index (κ3) is 3.30. The van der Waals surface area contributed by atoms with E-state index in [1.165, 1.54) is 6.92 Å². The van der Waals surface area contributed by atoms with Crippen LogP contribution in [-0.2, 0) is 19.0 Å². The molecule has 0 bridgehead atoms. The summed E-state index contributed by atoms with van der Waals surface area (Å²) in [6, 6.07) is 0.179. The van der Waals surface area contributed by atoms with Gasteiger partial charge in [0.25, 0.3) is 0 Å². The van der Waals surface area contributed by atoms with Crippen LogP contribution in [0.4, 0.5) is 0 Å². The lowest BCUT2D eigenvalue weighted by Gasteiger charge is -2.40. The van der Waals surface area contributed by atoms with Gasteiger partial charge in [0, 0.05) is 14.0 Å². The van der Waals surface area contributed by atoms with Crippen molar-refractivity contribution >= 4 is 22.8 Å². The predicted octanol–water partition coefficient (Wildman–Crippen LogP) is 1.71. The van der Waals surface area contributed by atoms with Gasteiger partial charge in [0.2, 0.25) is 0 Å². The lowest BCUT2D eigenvalue weighted by molar-refractivity contribution is -0.152. The summed E-state index contributed by atoms with van der Waals surface area (Å²) in [5.41, 5.74) is 0.0249. The maximum absolute atomic E-state index is 10.9. The van der Waals surface area contributed by atoms with Crippen molar-refractivity contribution in [1.29, 1.82) is 0 Å². The Morgan fingerprint density at radius 3 is 2.79 bits per heavy atom. The summed E-state index contributed by atoms with van der Waals surface area (Å²) in [4.78, 5) is 15.6. The fourth-order valence-electron chi connectivity index (χ4n) is 2.47. The van der Waals surface area contributed by atoms with E-state index in [1.54, 1.807) is 18.9 Å². The minimum atomic E-state index is -0.263. The van der Waals surface area contributed by atoms with Crippen LogP contribution >= 0.6 is 11.8 Å². The van der Waals surface area contributed by atoms with Crippen molar-refractivity contribution in [3.05, 3.63) is 0 Å². The van der Waals surface area contributed by atoms with Crippen LogP contribution in [0.15, 0.2) is 4.99 Å². The van der Waals surface area contributed by atoms with Gasteiger partial charge >= 0.3 is 5.97 Å². The summed E-state index contributed by atoms with van der Waals surface area (Å²) >= 11 is 1.63. The number of rotatable bonds is 4. The van der Waals surface area contributed by atoms with Gasteiger partial charge in [-0.15, -0.1) is 0 Å². The molecule has 6 heteroatoms. The van der Waals surface area contributed by atoms with Crippen molar-refractivity contribution < 1.29 is 19.0 Å². The summed E-state index contributed by atoms with van der Waals surface area (Å²) < 4.78 is 16.2. The van der Waals surface area contributed by atoms with Gasteiger partial charge in [0.1, 0.15) is 12.0 Å². The number of methoxy groups -OCH3 is 1. The highest BCUT2D eigenvalue weighted by molar-refractivity contribution is 8.14. The number of aliphatic imine (C=N–C) groups is 1. The number of nitrogens with zero attached hydrogens (tertiary/aromatic N) is 1. The Kier molecular flexibility index (Phi) is 4.86. The van der Waals surface area contributed by atoms with Crippen LogP contribution in [0, 0.1) is 11.8 Å². The van der Waals surface area contributed by atoms with E-state index in [-0.39, 0.29) is 23.6 Å². The van der Waals surface area contributed by atoms with E-state index in [2.05, 4.69) is 18.8 Å². The Morgan fingerprint density at radius 2 is 2.16 bits per heavy atom. The molecule has 0 N–H and O–H groups in total. The summed E-state index contributed by atoms with van der Waals surface area (Å²) in [5.74, 6) is 0.453. The van der Waals surface area contributed by atoms with E-state index in [1.807, 2.05) is 0 Å². The number of thioether (sulfide) groups is 1. The molecule has 0 saturated carbocycles. The van der Waals surface area contributed by atoms with E-state index in [0.29, 0.717) is 25.0 Å². The van der Waals surface area contributed by atoms with Crippen molar-refractivity contribution in [1.82, 2.24) is 0 Å². The topological polar surface area (TPSA) is 57.1 Å². The Labute approximate surface area is 118 Å². The van der Waals surface area contributed by atoms with Crippen LogP contribution in [0.1, 0.15) is 20.8 Å². The normalized spacial score (nSPS) is 37.7. The lowest BCUT2D eigenvalue weighted by Crippen LogP contribution is -2.47. The van der Waals surface area contributed by atoms with E-state index in [0.717, 1.165) is 5.04 Å². The van der Waals surface area contributed by atoms with Gasteiger partial charge in [-0.05, 0) is 11.8 Å². The highest BCUT2D eigenvalue weighted by atomic mass is 32.2. The van der Waals surface area contributed by atoms with Gasteiger partial charge in [0.15, 0.2) is 0 Å². The van der Waals surface area contributed by atoms with E-state index < -0.39 is 0 Å². The number of carbonyl (C=O) groups is 1. The largest absolute Gasteiger partial charge is 0.463 e. The fourth-order valence-corrected chi connectivity index (χ4v) is 3.75. The second-order valence-corrected chi connectivity index (χ2v) is 6.30. The van der Waals surface area contributed by atoms with Crippen molar-refractivity contribution in [2.24, 2.45) is 16.8 Å². The molecule has 108 valence electrons. The molecule has 5 nitrogen and oxygen atoms in total. The molecule has 0 unspecified atom stereocenters. The van der Waals surface area contributed by atoms with Crippen molar-refractivity contribution in [3.63, 3.8) is 0 Å². The first-order chi connectivity index (χ1) is 9.02. The summed E-state index contributed by atoms with van der Waals surface area (Å²) in [6.07, 6.45) is -0.0512. The maximum Gasteiger partial charge on any atom is 0.302 e. The molecule has 2 aliphatic heterocycles. The molecule has 2 heterocycles. The molecule has 0 aliphatic carbocycles. The second-order valence-electron chi connectivity index (χ2n) is 5.13. The standard InChI is InChI=1S/C13H21NO4S/c1-7-8(2)12-13(19-11(14-12)6-16-4)18-10(7)5-17-9(3)15/h7-8,10,12-13H,5-6H2,1-4H3/t7-,8-,10+,12+,13+/m0/s1. The molecule has 1 saturated heterocycles. The highest BCUT2D eigenvalue weighted by Gasteiger charge is 2.45.